The van der Waals surface area contributed by atoms with Crippen LogP contribution in [0, 0.1) is 0 Å². The topological polar surface area (TPSA) is 55.1 Å². The third kappa shape index (κ3) is 3.05. The van der Waals surface area contributed by atoms with Crippen LogP contribution >= 0.6 is 0 Å². The van der Waals surface area contributed by atoms with Gasteiger partial charge in [-0.2, -0.15) is 0 Å². The monoisotopic (exact) mass is 164 g/mol. The Bertz CT molecular complexity index is 251. The maximum atomic E-state index is 10.4. The molecule has 0 spiro atoms. The van der Waals surface area contributed by atoms with Crippen molar-refractivity contribution in [2.45, 2.75) is 6.42 Å². The van der Waals surface area contributed by atoms with E-state index < -0.39 is 6.03 Å². The first-order valence-electron chi connectivity index (χ1n) is 3.83. The van der Waals surface area contributed by atoms with Crippen molar-refractivity contribution < 1.29 is 4.79 Å². The zero-order valence-corrected chi connectivity index (χ0v) is 6.79. The fourth-order valence-corrected chi connectivity index (χ4v) is 0.954. The van der Waals surface area contributed by atoms with E-state index in [0.717, 1.165) is 12.0 Å². The van der Waals surface area contributed by atoms with Crippen LogP contribution in [0.3, 0.4) is 0 Å². The number of urea groups is 1. The Labute approximate surface area is 71.6 Å². The van der Waals surface area contributed by atoms with Crippen molar-refractivity contribution in [2.75, 3.05) is 6.54 Å². The molecule has 0 aromatic rings. The lowest BCUT2D eigenvalue weighted by atomic mass is 10.2. The molecule has 0 aliphatic heterocycles. The lowest BCUT2D eigenvalue weighted by Crippen LogP contribution is -2.30. The van der Waals surface area contributed by atoms with Gasteiger partial charge in [-0.1, -0.05) is 30.4 Å². The Hall–Kier alpha value is -1.51. The molecule has 0 saturated carbocycles. The number of rotatable bonds is 2. The van der Waals surface area contributed by atoms with Gasteiger partial charge in [-0.25, -0.2) is 4.79 Å². The maximum Gasteiger partial charge on any atom is 0.312 e. The summed E-state index contributed by atoms with van der Waals surface area (Å²) in [5.74, 6) is 0. The average molecular weight is 164 g/mol. The minimum absolute atomic E-state index is 0.479. The highest BCUT2D eigenvalue weighted by atomic mass is 16.2. The van der Waals surface area contributed by atoms with Gasteiger partial charge in [0.2, 0.25) is 0 Å². The van der Waals surface area contributed by atoms with Gasteiger partial charge < -0.3 is 11.1 Å². The van der Waals surface area contributed by atoms with Crippen LogP contribution in [0.15, 0.2) is 36.0 Å². The van der Waals surface area contributed by atoms with Crippen LogP contribution in [0.4, 0.5) is 4.79 Å². The third-order valence-electron chi connectivity index (χ3n) is 1.56. The minimum Gasteiger partial charge on any atom is -0.352 e. The van der Waals surface area contributed by atoms with E-state index in [-0.39, 0.29) is 0 Å². The van der Waals surface area contributed by atoms with Crippen molar-refractivity contribution in [1.82, 2.24) is 5.32 Å². The first-order chi connectivity index (χ1) is 5.79. The van der Waals surface area contributed by atoms with Crippen LogP contribution in [0.5, 0.6) is 0 Å². The Balaban J connectivity index is 2.41. The summed E-state index contributed by atoms with van der Waals surface area (Å²) < 4.78 is 0. The summed E-state index contributed by atoms with van der Waals surface area (Å²) in [6.45, 7) is 0.532. The predicted octanol–water partition coefficient (Wildman–Crippen LogP) is 1.10. The smallest absolute Gasteiger partial charge is 0.312 e. The first-order valence-corrected chi connectivity index (χ1v) is 3.83. The van der Waals surface area contributed by atoms with Gasteiger partial charge in [0, 0.05) is 6.54 Å². The molecule has 0 aromatic heterocycles. The van der Waals surface area contributed by atoms with Crippen LogP contribution in [0.2, 0.25) is 0 Å². The first kappa shape index (κ1) is 8.59. The molecule has 1 aliphatic rings. The molecule has 3 heteroatoms. The average Bonchev–Trinajstić information content (AvgIpc) is 2.28. The Morgan fingerprint density at radius 3 is 3.08 bits per heavy atom. The largest absolute Gasteiger partial charge is 0.352 e. The molecule has 0 heterocycles. The zero-order valence-electron chi connectivity index (χ0n) is 6.79. The second-order valence-corrected chi connectivity index (χ2v) is 2.56. The van der Waals surface area contributed by atoms with Gasteiger partial charge in [0.25, 0.3) is 0 Å². The van der Waals surface area contributed by atoms with Gasteiger partial charge in [-0.15, -0.1) is 0 Å². The molecule has 0 atom stereocenters. The predicted molar refractivity (Wildman–Crippen MR) is 48.6 cm³/mol. The van der Waals surface area contributed by atoms with Gasteiger partial charge >= 0.3 is 6.03 Å². The van der Waals surface area contributed by atoms with E-state index in [2.05, 4.69) is 5.32 Å². The standard InChI is InChI=1S/C9H12N2O/c10-9(12)11-7-8-5-3-1-2-4-6-8/h1-5H,6-7H2,(H3,10,11,12). The molecule has 3 nitrogen and oxygen atoms in total. The fourth-order valence-electron chi connectivity index (χ4n) is 0.954. The number of hydrogen-bond acceptors (Lipinski definition) is 1. The number of carbonyl (C=O) groups is 1. The number of allylic oxidation sites excluding steroid dienone is 5. The van der Waals surface area contributed by atoms with E-state index in [9.17, 15) is 4.79 Å². The minimum atomic E-state index is -0.479. The number of carbonyl (C=O) groups excluding carboxylic acids is 1. The van der Waals surface area contributed by atoms with Crippen molar-refractivity contribution in [3.63, 3.8) is 0 Å². The summed E-state index contributed by atoms with van der Waals surface area (Å²) in [5.41, 5.74) is 6.09. The summed E-state index contributed by atoms with van der Waals surface area (Å²) in [5, 5.41) is 2.55. The number of primary amides is 1. The second-order valence-electron chi connectivity index (χ2n) is 2.56. The third-order valence-corrected chi connectivity index (χ3v) is 1.56. The van der Waals surface area contributed by atoms with E-state index in [1.54, 1.807) is 0 Å². The van der Waals surface area contributed by atoms with Crippen molar-refractivity contribution in [3.8, 4) is 0 Å². The number of nitrogens with two attached hydrogens (primary N) is 1. The van der Waals surface area contributed by atoms with Gasteiger partial charge in [0.05, 0.1) is 0 Å². The summed E-state index contributed by atoms with van der Waals surface area (Å²) >= 11 is 0. The summed E-state index contributed by atoms with van der Waals surface area (Å²) in [6.07, 6.45) is 10.8. The molecule has 0 bridgehead atoms. The molecule has 0 radical (unpaired) electrons. The molecule has 2 amide bonds. The van der Waals surface area contributed by atoms with Crippen molar-refractivity contribution >= 4 is 6.03 Å². The number of amides is 2. The molecule has 0 aromatic carbocycles. The van der Waals surface area contributed by atoms with Gasteiger partial charge in [-0.05, 0) is 12.0 Å². The van der Waals surface area contributed by atoms with Crippen LogP contribution in [-0.4, -0.2) is 12.6 Å². The molecule has 0 fully saturated rings. The highest BCUT2D eigenvalue weighted by Crippen LogP contribution is 2.04. The second kappa shape index (κ2) is 4.38. The highest BCUT2D eigenvalue weighted by Gasteiger charge is 1.96. The fraction of sp³-hybridized carbons (Fsp3) is 0.222. The lowest BCUT2D eigenvalue weighted by Gasteiger charge is -2.02. The Morgan fingerprint density at radius 1 is 1.50 bits per heavy atom. The molecule has 12 heavy (non-hydrogen) atoms. The van der Waals surface area contributed by atoms with Gasteiger partial charge in [-0.3, -0.25) is 0 Å². The SMILES string of the molecule is NC(=O)NCC1=CC=CC=CC1. The molecule has 1 aliphatic carbocycles. The highest BCUT2D eigenvalue weighted by molar-refractivity contribution is 5.71. The van der Waals surface area contributed by atoms with E-state index >= 15 is 0 Å². The van der Waals surface area contributed by atoms with Crippen LogP contribution in [0.25, 0.3) is 0 Å². The zero-order chi connectivity index (χ0) is 8.81. The Kier molecular flexibility index (Phi) is 3.14. The van der Waals surface area contributed by atoms with E-state index in [4.69, 9.17) is 5.73 Å². The van der Waals surface area contributed by atoms with Crippen LogP contribution in [0.1, 0.15) is 6.42 Å². The van der Waals surface area contributed by atoms with Crippen molar-refractivity contribution in [1.29, 1.82) is 0 Å². The molecule has 64 valence electrons. The molecule has 3 N–H and O–H groups in total. The summed E-state index contributed by atoms with van der Waals surface area (Å²) in [4.78, 5) is 10.4. The maximum absolute atomic E-state index is 10.4. The van der Waals surface area contributed by atoms with E-state index in [1.165, 1.54) is 0 Å². The molecular weight excluding hydrogens is 152 g/mol. The molecule has 0 saturated heterocycles. The van der Waals surface area contributed by atoms with E-state index in [0.29, 0.717) is 6.54 Å². The van der Waals surface area contributed by atoms with Crippen molar-refractivity contribution in [3.05, 3.63) is 36.0 Å². The lowest BCUT2D eigenvalue weighted by molar-refractivity contribution is 0.249. The number of hydrogen-bond donors (Lipinski definition) is 2. The quantitative estimate of drug-likeness (QED) is 0.630. The van der Waals surface area contributed by atoms with Gasteiger partial charge in [0.1, 0.15) is 0 Å². The Morgan fingerprint density at radius 2 is 2.33 bits per heavy atom. The van der Waals surface area contributed by atoms with E-state index in [1.807, 2.05) is 30.4 Å². The molecular formula is C9H12N2O. The molecule has 0 unspecified atom stereocenters. The number of nitrogens with one attached hydrogen (secondary N) is 1. The summed E-state index contributed by atoms with van der Waals surface area (Å²) in [6, 6.07) is -0.479. The normalized spacial score (nSPS) is 15.2. The summed E-state index contributed by atoms with van der Waals surface area (Å²) in [7, 11) is 0. The molecule has 1 rings (SSSR count). The van der Waals surface area contributed by atoms with Crippen molar-refractivity contribution in [2.24, 2.45) is 5.73 Å². The van der Waals surface area contributed by atoms with Gasteiger partial charge in [0.15, 0.2) is 0 Å². The van der Waals surface area contributed by atoms with Crippen LogP contribution in [-0.2, 0) is 0 Å². The van der Waals surface area contributed by atoms with Crippen LogP contribution < -0.4 is 11.1 Å².